The lowest BCUT2D eigenvalue weighted by molar-refractivity contribution is -0.384. The number of non-ortho nitro benzene ring substituents is 1. The summed E-state index contributed by atoms with van der Waals surface area (Å²) in [6.07, 6.45) is 1.85. The first-order valence-corrected chi connectivity index (χ1v) is 8.74. The van der Waals surface area contributed by atoms with Crippen molar-refractivity contribution in [2.45, 2.75) is 6.67 Å². The van der Waals surface area contributed by atoms with Crippen molar-refractivity contribution in [3.63, 3.8) is 0 Å². The first-order chi connectivity index (χ1) is 12.6. The van der Waals surface area contributed by atoms with Crippen LogP contribution in [-0.4, -0.2) is 16.2 Å². The lowest BCUT2D eigenvalue weighted by Gasteiger charge is -2.25. The Labute approximate surface area is 151 Å². The van der Waals surface area contributed by atoms with Crippen LogP contribution in [-0.2, 0) is 6.67 Å². The van der Waals surface area contributed by atoms with Gasteiger partial charge in [-0.05, 0) is 17.7 Å². The lowest BCUT2D eigenvalue weighted by atomic mass is 10.2. The van der Waals surface area contributed by atoms with Gasteiger partial charge in [-0.3, -0.25) is 19.5 Å². The molecule has 130 valence electrons. The Hall–Kier alpha value is -3.26. The van der Waals surface area contributed by atoms with Crippen LogP contribution in [0.25, 0.3) is 6.08 Å². The van der Waals surface area contributed by atoms with E-state index in [-0.39, 0.29) is 11.2 Å². The first kappa shape index (κ1) is 16.2. The summed E-state index contributed by atoms with van der Waals surface area (Å²) >= 11 is 1.36. The zero-order valence-electron chi connectivity index (χ0n) is 13.6. The minimum absolute atomic E-state index is 0.0177. The highest BCUT2D eigenvalue weighted by Gasteiger charge is 2.17. The average Bonchev–Trinajstić information content (AvgIpc) is 2.98. The van der Waals surface area contributed by atoms with E-state index >= 15 is 0 Å². The second-order valence-corrected chi connectivity index (χ2v) is 6.80. The summed E-state index contributed by atoms with van der Waals surface area (Å²) in [5.74, 6) is 0. The Bertz CT molecular complexity index is 1150. The number of hydrogen-bond acceptors (Lipinski definition) is 6. The standard InChI is InChI=1S/C18H14N4O3S/c23-17-16(9-13-5-2-1-3-6-13)26-18-19-11-20(12-21(17)18)14-7-4-8-15(10-14)22(24)25/h1-10H,11-12H2. The minimum atomic E-state index is -0.431. The van der Waals surface area contributed by atoms with Crippen molar-refractivity contribution < 1.29 is 4.92 Å². The van der Waals surface area contributed by atoms with E-state index in [1.807, 2.05) is 41.3 Å². The molecule has 0 spiro atoms. The second kappa shape index (κ2) is 6.57. The number of aromatic nitrogens is 1. The van der Waals surface area contributed by atoms with Gasteiger partial charge in [0.2, 0.25) is 0 Å². The molecule has 0 fully saturated rings. The maximum absolute atomic E-state index is 12.7. The number of rotatable bonds is 3. The zero-order valence-corrected chi connectivity index (χ0v) is 14.4. The molecule has 0 atom stereocenters. The van der Waals surface area contributed by atoms with E-state index < -0.39 is 4.92 Å². The number of nitrogens with zero attached hydrogens (tertiary/aromatic N) is 4. The van der Waals surface area contributed by atoms with E-state index in [2.05, 4.69) is 4.99 Å². The second-order valence-electron chi connectivity index (χ2n) is 5.79. The molecule has 1 aliphatic heterocycles. The van der Waals surface area contributed by atoms with Gasteiger partial charge in [-0.2, -0.15) is 0 Å². The molecule has 2 aromatic carbocycles. The number of nitro benzene ring substituents is 1. The van der Waals surface area contributed by atoms with Gasteiger partial charge in [0.15, 0.2) is 4.80 Å². The van der Waals surface area contributed by atoms with Crippen molar-refractivity contribution in [3.8, 4) is 0 Å². The maximum Gasteiger partial charge on any atom is 0.271 e. The number of hydrogen-bond donors (Lipinski definition) is 0. The normalized spacial score (nSPS) is 14.0. The summed E-state index contributed by atoms with van der Waals surface area (Å²) in [6, 6.07) is 16.0. The van der Waals surface area contributed by atoms with Crippen LogP contribution in [0.3, 0.4) is 0 Å². The predicted octanol–water partition coefficient (Wildman–Crippen LogP) is 1.70. The summed E-state index contributed by atoms with van der Waals surface area (Å²) in [6.45, 7) is 0.670. The van der Waals surface area contributed by atoms with Gasteiger partial charge in [0.05, 0.1) is 9.46 Å². The molecule has 0 saturated heterocycles. The highest BCUT2D eigenvalue weighted by Crippen LogP contribution is 2.21. The van der Waals surface area contributed by atoms with Gasteiger partial charge in [-0.15, -0.1) is 0 Å². The molecule has 4 rings (SSSR count). The van der Waals surface area contributed by atoms with Gasteiger partial charge in [0.25, 0.3) is 11.2 Å². The van der Waals surface area contributed by atoms with Gasteiger partial charge < -0.3 is 4.90 Å². The molecule has 0 N–H and O–H groups in total. The fourth-order valence-corrected chi connectivity index (χ4v) is 3.74. The Morgan fingerprint density at radius 1 is 1.15 bits per heavy atom. The van der Waals surface area contributed by atoms with Crippen molar-refractivity contribution in [3.05, 3.63) is 90.0 Å². The van der Waals surface area contributed by atoms with E-state index in [4.69, 9.17) is 0 Å². The fourth-order valence-electron chi connectivity index (χ4n) is 2.78. The third-order valence-electron chi connectivity index (χ3n) is 4.08. The third kappa shape index (κ3) is 3.02. The molecule has 0 aliphatic carbocycles. The third-order valence-corrected chi connectivity index (χ3v) is 5.12. The van der Waals surface area contributed by atoms with Crippen LogP contribution in [0.1, 0.15) is 5.56 Å². The molecule has 1 aromatic heterocycles. The van der Waals surface area contributed by atoms with Gasteiger partial charge in [0, 0.05) is 17.8 Å². The van der Waals surface area contributed by atoms with E-state index in [1.165, 1.54) is 23.5 Å². The Balaban J connectivity index is 1.70. The smallest absolute Gasteiger partial charge is 0.271 e. The molecule has 8 heteroatoms. The first-order valence-electron chi connectivity index (χ1n) is 7.92. The van der Waals surface area contributed by atoms with E-state index in [0.29, 0.717) is 28.4 Å². The van der Waals surface area contributed by atoms with E-state index in [0.717, 1.165) is 5.56 Å². The Kier molecular flexibility index (Phi) is 4.10. The molecule has 0 amide bonds. The molecule has 0 unspecified atom stereocenters. The van der Waals surface area contributed by atoms with Crippen molar-refractivity contribution in [1.29, 1.82) is 0 Å². The van der Waals surface area contributed by atoms with Gasteiger partial charge >= 0.3 is 0 Å². The molecule has 2 heterocycles. The summed E-state index contributed by atoms with van der Waals surface area (Å²) in [4.78, 5) is 30.2. The molecule has 0 saturated carbocycles. The molecular weight excluding hydrogens is 352 g/mol. The largest absolute Gasteiger partial charge is 0.333 e. The highest BCUT2D eigenvalue weighted by molar-refractivity contribution is 7.07. The molecule has 1 aliphatic rings. The summed E-state index contributed by atoms with van der Waals surface area (Å²) < 4.78 is 2.22. The lowest BCUT2D eigenvalue weighted by Crippen LogP contribution is -2.42. The number of nitro groups is 1. The van der Waals surface area contributed by atoms with Gasteiger partial charge in [0.1, 0.15) is 13.3 Å². The van der Waals surface area contributed by atoms with Crippen LogP contribution < -0.4 is 19.8 Å². The van der Waals surface area contributed by atoms with Crippen molar-refractivity contribution in [2.24, 2.45) is 4.99 Å². The summed E-state index contributed by atoms with van der Waals surface area (Å²) in [5.41, 5.74) is 1.54. The molecule has 0 radical (unpaired) electrons. The topological polar surface area (TPSA) is 80.7 Å². The fraction of sp³-hybridized carbons (Fsp3) is 0.111. The van der Waals surface area contributed by atoms with Crippen LogP contribution >= 0.6 is 11.3 Å². The maximum atomic E-state index is 12.7. The zero-order chi connectivity index (χ0) is 18.1. The summed E-state index contributed by atoms with van der Waals surface area (Å²) in [5, 5.41) is 11.0. The predicted molar refractivity (Wildman–Crippen MR) is 99.8 cm³/mol. The van der Waals surface area contributed by atoms with E-state index in [9.17, 15) is 14.9 Å². The Morgan fingerprint density at radius 2 is 1.96 bits per heavy atom. The van der Waals surface area contributed by atoms with Crippen LogP contribution in [0.4, 0.5) is 11.4 Å². The van der Waals surface area contributed by atoms with Crippen molar-refractivity contribution >= 4 is 28.8 Å². The molecule has 7 nitrogen and oxygen atoms in total. The molecule has 0 bridgehead atoms. The van der Waals surface area contributed by atoms with Gasteiger partial charge in [-0.25, -0.2) is 4.99 Å². The Morgan fingerprint density at radius 3 is 2.73 bits per heavy atom. The average molecular weight is 366 g/mol. The number of fused-ring (bicyclic) bond motifs is 1. The van der Waals surface area contributed by atoms with Crippen LogP contribution in [0, 0.1) is 10.1 Å². The SMILES string of the molecule is O=c1c(=Cc2ccccc2)sc2n1CN(c1cccc([N+](=O)[O-])c1)CN=2. The molecular formula is C18H14N4O3S. The number of thiazole rings is 1. The van der Waals surface area contributed by atoms with E-state index in [1.54, 1.807) is 16.7 Å². The van der Waals surface area contributed by atoms with Gasteiger partial charge in [-0.1, -0.05) is 47.7 Å². The monoisotopic (exact) mass is 366 g/mol. The van der Waals surface area contributed by atoms with Crippen molar-refractivity contribution in [2.75, 3.05) is 11.6 Å². The number of anilines is 1. The van der Waals surface area contributed by atoms with Crippen LogP contribution in [0.15, 0.2) is 64.4 Å². The molecule has 3 aromatic rings. The minimum Gasteiger partial charge on any atom is -0.333 e. The number of benzene rings is 2. The quantitative estimate of drug-likeness (QED) is 0.522. The van der Waals surface area contributed by atoms with Crippen molar-refractivity contribution in [1.82, 2.24) is 4.57 Å². The van der Waals surface area contributed by atoms with Crippen LogP contribution in [0.2, 0.25) is 0 Å². The van der Waals surface area contributed by atoms with Crippen LogP contribution in [0.5, 0.6) is 0 Å². The summed E-state index contributed by atoms with van der Waals surface area (Å²) in [7, 11) is 0. The highest BCUT2D eigenvalue weighted by atomic mass is 32.1. The molecule has 26 heavy (non-hydrogen) atoms.